The normalized spacial score (nSPS) is 19.4. The molecule has 1 atom stereocenters. The SMILES string of the molecule is CC(C)=CC(=O)N1CCSC(c2ccccc2Cl)CC1. The van der Waals surface area contributed by atoms with Gasteiger partial charge in [0.1, 0.15) is 0 Å². The van der Waals surface area contributed by atoms with Crippen LogP contribution in [0.3, 0.4) is 0 Å². The maximum absolute atomic E-state index is 12.1. The van der Waals surface area contributed by atoms with Gasteiger partial charge in [-0.25, -0.2) is 0 Å². The van der Waals surface area contributed by atoms with Crippen LogP contribution in [0.15, 0.2) is 35.9 Å². The van der Waals surface area contributed by atoms with E-state index in [0.717, 1.165) is 35.9 Å². The van der Waals surface area contributed by atoms with E-state index in [1.54, 1.807) is 6.08 Å². The Morgan fingerprint density at radius 2 is 2.10 bits per heavy atom. The predicted octanol–water partition coefficient (Wildman–Crippen LogP) is 4.31. The summed E-state index contributed by atoms with van der Waals surface area (Å²) in [5.41, 5.74) is 2.24. The Labute approximate surface area is 130 Å². The minimum absolute atomic E-state index is 0.130. The highest BCUT2D eigenvalue weighted by atomic mass is 35.5. The van der Waals surface area contributed by atoms with Gasteiger partial charge in [0.25, 0.3) is 0 Å². The van der Waals surface area contributed by atoms with Gasteiger partial charge >= 0.3 is 0 Å². The third kappa shape index (κ3) is 4.03. The van der Waals surface area contributed by atoms with Gasteiger partial charge in [-0.05, 0) is 31.9 Å². The van der Waals surface area contributed by atoms with E-state index in [4.69, 9.17) is 11.6 Å². The Kier molecular flexibility index (Phi) is 5.55. The summed E-state index contributed by atoms with van der Waals surface area (Å²) in [5.74, 6) is 1.09. The van der Waals surface area contributed by atoms with E-state index in [-0.39, 0.29) is 5.91 Å². The van der Waals surface area contributed by atoms with Crippen LogP contribution in [0.4, 0.5) is 0 Å². The van der Waals surface area contributed by atoms with Gasteiger partial charge in [-0.15, -0.1) is 0 Å². The summed E-state index contributed by atoms with van der Waals surface area (Å²) in [6.45, 7) is 5.52. The molecule has 1 amide bonds. The third-order valence-corrected chi connectivity index (χ3v) is 4.97. The number of hydrogen-bond donors (Lipinski definition) is 0. The summed E-state index contributed by atoms with van der Waals surface area (Å²) in [7, 11) is 0. The van der Waals surface area contributed by atoms with E-state index >= 15 is 0 Å². The van der Waals surface area contributed by atoms with Crippen LogP contribution < -0.4 is 0 Å². The summed E-state index contributed by atoms with van der Waals surface area (Å²) in [6, 6.07) is 8.01. The van der Waals surface area contributed by atoms with Crippen molar-refractivity contribution in [2.24, 2.45) is 0 Å². The number of amides is 1. The average Bonchev–Trinajstić information content (AvgIpc) is 2.64. The van der Waals surface area contributed by atoms with Crippen molar-refractivity contribution in [2.75, 3.05) is 18.8 Å². The van der Waals surface area contributed by atoms with Crippen molar-refractivity contribution in [3.05, 3.63) is 46.5 Å². The van der Waals surface area contributed by atoms with Crippen molar-refractivity contribution in [3.63, 3.8) is 0 Å². The van der Waals surface area contributed by atoms with Crippen molar-refractivity contribution in [3.8, 4) is 0 Å². The molecular formula is C16H20ClNOS. The monoisotopic (exact) mass is 309 g/mol. The number of halogens is 1. The summed E-state index contributed by atoms with van der Waals surface area (Å²) in [6.07, 6.45) is 2.68. The van der Waals surface area contributed by atoms with E-state index in [9.17, 15) is 4.79 Å². The first-order valence-electron chi connectivity index (χ1n) is 6.88. The first kappa shape index (κ1) is 15.5. The minimum atomic E-state index is 0.130. The molecule has 1 saturated heterocycles. The molecule has 0 N–H and O–H groups in total. The van der Waals surface area contributed by atoms with Crippen molar-refractivity contribution < 1.29 is 4.79 Å². The number of hydrogen-bond acceptors (Lipinski definition) is 2. The van der Waals surface area contributed by atoms with Crippen molar-refractivity contribution in [1.29, 1.82) is 0 Å². The molecule has 1 aromatic rings. The van der Waals surface area contributed by atoms with Crippen LogP contribution in [0, 0.1) is 0 Å². The first-order valence-corrected chi connectivity index (χ1v) is 8.30. The van der Waals surface area contributed by atoms with Crippen LogP contribution in [0.2, 0.25) is 5.02 Å². The summed E-state index contributed by atoms with van der Waals surface area (Å²) in [5, 5.41) is 1.21. The molecule has 1 unspecified atom stereocenters. The van der Waals surface area contributed by atoms with Gasteiger partial charge in [-0.1, -0.05) is 35.4 Å². The van der Waals surface area contributed by atoms with Crippen molar-refractivity contribution in [1.82, 2.24) is 4.90 Å². The van der Waals surface area contributed by atoms with Crippen LogP contribution in [-0.4, -0.2) is 29.6 Å². The number of rotatable bonds is 2. The molecule has 108 valence electrons. The molecule has 2 rings (SSSR count). The Bertz CT molecular complexity index is 511. The molecule has 0 aliphatic carbocycles. The molecule has 4 heteroatoms. The van der Waals surface area contributed by atoms with Gasteiger partial charge in [0.05, 0.1) is 0 Å². The number of carbonyl (C=O) groups excluding carboxylic acids is 1. The van der Waals surface area contributed by atoms with E-state index in [2.05, 4.69) is 6.07 Å². The molecule has 20 heavy (non-hydrogen) atoms. The Hall–Kier alpha value is -0.930. The maximum atomic E-state index is 12.1. The van der Waals surface area contributed by atoms with Gasteiger partial charge in [-0.2, -0.15) is 11.8 Å². The minimum Gasteiger partial charge on any atom is -0.338 e. The molecule has 1 aliphatic rings. The van der Waals surface area contributed by atoms with E-state index in [0.29, 0.717) is 5.25 Å². The Morgan fingerprint density at radius 1 is 1.35 bits per heavy atom. The number of nitrogens with zero attached hydrogens (tertiary/aromatic N) is 1. The number of benzene rings is 1. The summed E-state index contributed by atoms with van der Waals surface area (Å²) in [4.78, 5) is 14.0. The number of thioether (sulfide) groups is 1. The molecule has 1 fully saturated rings. The fourth-order valence-electron chi connectivity index (χ4n) is 2.31. The quantitative estimate of drug-likeness (QED) is 0.759. The highest BCUT2D eigenvalue weighted by molar-refractivity contribution is 7.99. The van der Waals surface area contributed by atoms with Crippen molar-refractivity contribution in [2.45, 2.75) is 25.5 Å². The fourth-order valence-corrected chi connectivity index (χ4v) is 3.91. The van der Waals surface area contributed by atoms with Gasteiger partial charge in [-0.3, -0.25) is 4.79 Å². The molecule has 1 aliphatic heterocycles. The molecule has 1 aromatic carbocycles. The lowest BCUT2D eigenvalue weighted by Crippen LogP contribution is -2.31. The molecule has 0 bridgehead atoms. The third-order valence-electron chi connectivity index (χ3n) is 3.32. The van der Waals surface area contributed by atoms with Crippen LogP contribution in [0.5, 0.6) is 0 Å². The van der Waals surface area contributed by atoms with E-state index < -0.39 is 0 Å². The highest BCUT2D eigenvalue weighted by Crippen LogP contribution is 2.37. The average molecular weight is 310 g/mol. The molecule has 1 heterocycles. The first-order chi connectivity index (χ1) is 9.58. The lowest BCUT2D eigenvalue weighted by molar-refractivity contribution is -0.125. The molecule has 0 saturated carbocycles. The van der Waals surface area contributed by atoms with Crippen molar-refractivity contribution >= 4 is 29.3 Å². The lowest BCUT2D eigenvalue weighted by Gasteiger charge is -2.19. The number of carbonyl (C=O) groups is 1. The molecule has 0 spiro atoms. The maximum Gasteiger partial charge on any atom is 0.246 e. The zero-order valence-corrected chi connectivity index (χ0v) is 13.5. The van der Waals surface area contributed by atoms with E-state index in [1.807, 2.05) is 48.7 Å². The van der Waals surface area contributed by atoms with Gasteiger partial charge in [0, 0.05) is 35.2 Å². The summed E-state index contributed by atoms with van der Waals surface area (Å²) >= 11 is 8.17. The zero-order chi connectivity index (χ0) is 14.5. The van der Waals surface area contributed by atoms with Gasteiger partial charge < -0.3 is 4.90 Å². The molecular weight excluding hydrogens is 290 g/mol. The Morgan fingerprint density at radius 3 is 2.80 bits per heavy atom. The second-order valence-electron chi connectivity index (χ2n) is 5.22. The highest BCUT2D eigenvalue weighted by Gasteiger charge is 2.22. The van der Waals surface area contributed by atoms with E-state index in [1.165, 1.54) is 5.56 Å². The second-order valence-corrected chi connectivity index (χ2v) is 6.93. The predicted molar refractivity (Wildman–Crippen MR) is 87.3 cm³/mol. The zero-order valence-electron chi connectivity index (χ0n) is 11.9. The van der Waals surface area contributed by atoms with Crippen LogP contribution >= 0.6 is 23.4 Å². The van der Waals surface area contributed by atoms with Crippen LogP contribution in [0.25, 0.3) is 0 Å². The van der Waals surface area contributed by atoms with Crippen LogP contribution in [-0.2, 0) is 4.79 Å². The standard InChI is InChI=1S/C16H20ClNOS/c1-12(2)11-16(19)18-8-7-15(20-10-9-18)13-5-3-4-6-14(13)17/h3-6,11,15H,7-10H2,1-2H3. The molecule has 2 nitrogen and oxygen atoms in total. The topological polar surface area (TPSA) is 20.3 Å². The lowest BCUT2D eigenvalue weighted by atomic mass is 10.1. The fraction of sp³-hybridized carbons (Fsp3) is 0.438. The smallest absolute Gasteiger partial charge is 0.246 e. The van der Waals surface area contributed by atoms with Gasteiger partial charge in [0.15, 0.2) is 0 Å². The molecule has 0 radical (unpaired) electrons. The molecule has 0 aromatic heterocycles. The van der Waals surface area contributed by atoms with Crippen LogP contribution in [0.1, 0.15) is 31.1 Å². The summed E-state index contributed by atoms with van der Waals surface area (Å²) < 4.78 is 0. The second kappa shape index (κ2) is 7.19. The largest absolute Gasteiger partial charge is 0.338 e. The number of allylic oxidation sites excluding steroid dienone is 1. The Balaban J connectivity index is 2.04. The van der Waals surface area contributed by atoms with Gasteiger partial charge in [0.2, 0.25) is 5.91 Å².